The molecule has 2 N–H and O–H groups in total. The first-order chi connectivity index (χ1) is 6.66. The lowest BCUT2D eigenvalue weighted by Crippen LogP contribution is -2.17. The van der Waals surface area contributed by atoms with E-state index in [1.54, 1.807) is 0 Å². The Morgan fingerprint density at radius 3 is 2.29 bits per heavy atom. The Labute approximate surface area is 92.8 Å². The van der Waals surface area contributed by atoms with E-state index >= 15 is 0 Å². The van der Waals surface area contributed by atoms with Gasteiger partial charge in [-0.15, -0.1) is 0 Å². The molecule has 0 saturated heterocycles. The molecule has 0 heterocycles. The highest BCUT2D eigenvalue weighted by Gasteiger charge is 2.18. The molecule has 80 valence electrons. The molecule has 0 amide bonds. The van der Waals surface area contributed by atoms with Crippen molar-refractivity contribution < 1.29 is 0 Å². The summed E-state index contributed by atoms with van der Waals surface area (Å²) in [5.74, 6) is 0.759. The minimum atomic E-state index is 0.590. The first-order valence-electron chi connectivity index (χ1n) is 5.66. The quantitative estimate of drug-likeness (QED) is 0.570. The summed E-state index contributed by atoms with van der Waals surface area (Å²) in [7, 11) is 0. The van der Waals surface area contributed by atoms with Crippen LogP contribution in [0.4, 0.5) is 0 Å². The Morgan fingerprint density at radius 1 is 1.29 bits per heavy atom. The molecule has 1 rings (SSSR count). The molecule has 0 atom stereocenters. The topological polar surface area (TPSA) is 26.0 Å². The fourth-order valence-corrected chi connectivity index (χ4v) is 2.60. The molecule has 1 aliphatic carbocycles. The van der Waals surface area contributed by atoms with Crippen LogP contribution in [0.3, 0.4) is 0 Å². The molecule has 0 bridgehead atoms. The number of nitrogens with two attached hydrogens (primary N) is 1. The van der Waals surface area contributed by atoms with Crippen LogP contribution in [0, 0.1) is 5.92 Å². The van der Waals surface area contributed by atoms with E-state index < -0.39 is 0 Å². The van der Waals surface area contributed by atoms with Crippen molar-refractivity contribution in [3.8, 4) is 0 Å². The molecule has 2 heteroatoms. The van der Waals surface area contributed by atoms with E-state index in [1.165, 1.54) is 43.3 Å². The SMILES string of the molecule is CCC(=C(C)C(N)=S)C1CCCCC1. The van der Waals surface area contributed by atoms with Crippen molar-refractivity contribution in [2.24, 2.45) is 11.7 Å². The summed E-state index contributed by atoms with van der Waals surface area (Å²) in [6.07, 6.45) is 7.93. The number of rotatable bonds is 3. The van der Waals surface area contributed by atoms with Crippen LogP contribution in [0.1, 0.15) is 52.4 Å². The van der Waals surface area contributed by atoms with Crippen LogP contribution in [0.15, 0.2) is 11.1 Å². The van der Waals surface area contributed by atoms with Crippen LogP contribution in [-0.4, -0.2) is 4.99 Å². The van der Waals surface area contributed by atoms with Gasteiger partial charge in [0.15, 0.2) is 0 Å². The minimum absolute atomic E-state index is 0.590. The van der Waals surface area contributed by atoms with E-state index in [0.29, 0.717) is 4.99 Å². The summed E-state index contributed by atoms with van der Waals surface area (Å²) >= 11 is 5.05. The van der Waals surface area contributed by atoms with Crippen LogP contribution in [0.25, 0.3) is 0 Å². The zero-order valence-corrected chi connectivity index (χ0v) is 10.1. The van der Waals surface area contributed by atoms with Gasteiger partial charge in [0.2, 0.25) is 0 Å². The highest BCUT2D eigenvalue weighted by Crippen LogP contribution is 2.32. The summed E-state index contributed by atoms with van der Waals surface area (Å²) in [6.45, 7) is 4.29. The molecule has 14 heavy (non-hydrogen) atoms. The normalized spacial score (nSPS) is 20.4. The molecule has 0 aliphatic heterocycles. The molecule has 1 aliphatic rings. The van der Waals surface area contributed by atoms with Gasteiger partial charge in [0, 0.05) is 0 Å². The lowest BCUT2D eigenvalue weighted by atomic mass is 9.81. The minimum Gasteiger partial charge on any atom is -0.390 e. The molecule has 0 aromatic heterocycles. The van der Waals surface area contributed by atoms with Gasteiger partial charge < -0.3 is 5.73 Å². The van der Waals surface area contributed by atoms with E-state index in [4.69, 9.17) is 18.0 Å². The van der Waals surface area contributed by atoms with Gasteiger partial charge in [-0.25, -0.2) is 0 Å². The van der Waals surface area contributed by atoms with Gasteiger partial charge in [0.1, 0.15) is 0 Å². The third kappa shape index (κ3) is 2.81. The highest BCUT2D eigenvalue weighted by atomic mass is 32.1. The van der Waals surface area contributed by atoms with Gasteiger partial charge in [0.05, 0.1) is 4.99 Å². The van der Waals surface area contributed by atoms with Crippen molar-refractivity contribution in [2.45, 2.75) is 52.4 Å². The van der Waals surface area contributed by atoms with Gasteiger partial charge in [0.25, 0.3) is 0 Å². The van der Waals surface area contributed by atoms with Crippen molar-refractivity contribution in [2.75, 3.05) is 0 Å². The second kappa shape index (κ2) is 5.50. The van der Waals surface area contributed by atoms with Gasteiger partial charge in [-0.1, -0.05) is 44.0 Å². The average Bonchev–Trinajstić information content (AvgIpc) is 2.20. The number of hydrogen-bond acceptors (Lipinski definition) is 1. The zero-order chi connectivity index (χ0) is 10.6. The van der Waals surface area contributed by atoms with E-state index in [-0.39, 0.29) is 0 Å². The summed E-state index contributed by atoms with van der Waals surface area (Å²) < 4.78 is 0. The van der Waals surface area contributed by atoms with Crippen molar-refractivity contribution in [3.05, 3.63) is 11.1 Å². The lowest BCUT2D eigenvalue weighted by Gasteiger charge is -2.25. The van der Waals surface area contributed by atoms with Crippen molar-refractivity contribution >= 4 is 17.2 Å². The van der Waals surface area contributed by atoms with Crippen LogP contribution < -0.4 is 5.73 Å². The predicted octanol–water partition coefficient (Wildman–Crippen LogP) is 3.58. The Balaban J connectivity index is 2.78. The maximum Gasteiger partial charge on any atom is 0.0991 e. The Bertz CT molecular complexity index is 237. The fraction of sp³-hybridized carbons (Fsp3) is 0.750. The first kappa shape index (κ1) is 11.7. The van der Waals surface area contributed by atoms with E-state index in [9.17, 15) is 0 Å². The van der Waals surface area contributed by atoms with Crippen LogP contribution in [-0.2, 0) is 0 Å². The van der Waals surface area contributed by atoms with Crippen molar-refractivity contribution in [3.63, 3.8) is 0 Å². The molecule has 0 unspecified atom stereocenters. The molecular weight excluding hydrogens is 190 g/mol. The molecule has 0 radical (unpaired) electrons. The van der Waals surface area contributed by atoms with Gasteiger partial charge in [-0.2, -0.15) is 0 Å². The smallest absolute Gasteiger partial charge is 0.0991 e. The molecule has 1 fully saturated rings. The number of allylic oxidation sites excluding steroid dienone is 1. The predicted molar refractivity (Wildman–Crippen MR) is 66.4 cm³/mol. The third-order valence-corrected chi connectivity index (χ3v) is 3.64. The number of hydrogen-bond donors (Lipinski definition) is 1. The monoisotopic (exact) mass is 211 g/mol. The maximum atomic E-state index is 5.69. The Kier molecular flexibility index (Phi) is 4.59. The summed E-state index contributed by atoms with van der Waals surface area (Å²) in [5.41, 5.74) is 8.38. The van der Waals surface area contributed by atoms with E-state index in [0.717, 1.165) is 12.3 Å². The van der Waals surface area contributed by atoms with Crippen molar-refractivity contribution in [1.82, 2.24) is 0 Å². The van der Waals surface area contributed by atoms with Gasteiger partial charge in [-0.3, -0.25) is 0 Å². The summed E-state index contributed by atoms with van der Waals surface area (Å²) in [6, 6.07) is 0. The average molecular weight is 211 g/mol. The molecular formula is C12H21NS. The fourth-order valence-electron chi connectivity index (χ4n) is 2.47. The molecule has 1 saturated carbocycles. The molecule has 0 aromatic carbocycles. The Morgan fingerprint density at radius 2 is 1.86 bits per heavy atom. The van der Waals surface area contributed by atoms with Gasteiger partial charge >= 0.3 is 0 Å². The summed E-state index contributed by atoms with van der Waals surface area (Å²) in [5, 5.41) is 0. The van der Waals surface area contributed by atoms with Crippen LogP contribution >= 0.6 is 12.2 Å². The molecule has 0 spiro atoms. The Hall–Kier alpha value is -0.370. The third-order valence-electron chi connectivity index (χ3n) is 3.33. The molecule has 1 nitrogen and oxygen atoms in total. The van der Waals surface area contributed by atoms with Crippen molar-refractivity contribution in [1.29, 1.82) is 0 Å². The second-order valence-electron chi connectivity index (χ2n) is 4.20. The maximum absolute atomic E-state index is 5.69. The van der Waals surface area contributed by atoms with Crippen LogP contribution in [0.2, 0.25) is 0 Å². The first-order valence-corrected chi connectivity index (χ1v) is 6.07. The lowest BCUT2D eigenvalue weighted by molar-refractivity contribution is 0.395. The standard InChI is InChI=1S/C12H21NS/c1-3-11(9(2)12(13)14)10-7-5-4-6-8-10/h10H,3-8H2,1-2H3,(H2,13,14). The molecule has 0 aromatic rings. The highest BCUT2D eigenvalue weighted by molar-refractivity contribution is 7.80. The largest absolute Gasteiger partial charge is 0.390 e. The summed E-state index contributed by atoms with van der Waals surface area (Å²) in [4.78, 5) is 0.590. The van der Waals surface area contributed by atoms with Gasteiger partial charge in [-0.05, 0) is 37.7 Å². The second-order valence-corrected chi connectivity index (χ2v) is 4.64. The van der Waals surface area contributed by atoms with Crippen LogP contribution in [0.5, 0.6) is 0 Å². The van der Waals surface area contributed by atoms with E-state index in [2.05, 4.69) is 13.8 Å². The zero-order valence-electron chi connectivity index (χ0n) is 9.31. The number of thiocarbonyl (C=S) groups is 1. The van der Waals surface area contributed by atoms with E-state index in [1.807, 2.05) is 0 Å².